The molecule has 1 aromatic carbocycles. The molecule has 0 aliphatic carbocycles. The van der Waals surface area contributed by atoms with Crippen LogP contribution in [-0.2, 0) is 19.1 Å². The molecule has 2 rings (SSSR count). The van der Waals surface area contributed by atoms with Crippen LogP contribution in [0.4, 0.5) is 0 Å². The van der Waals surface area contributed by atoms with Gasteiger partial charge in [-0.25, -0.2) is 0 Å². The number of likely N-dealkylation sites (tertiary alicyclic amines) is 1. The van der Waals surface area contributed by atoms with Crippen LogP contribution in [0.3, 0.4) is 0 Å². The minimum absolute atomic E-state index is 0.0880. The maximum atomic E-state index is 13.3. The number of hydrogen-bond acceptors (Lipinski definition) is 5. The second-order valence-corrected chi connectivity index (χ2v) is 10.6. The van der Waals surface area contributed by atoms with E-state index in [9.17, 15) is 14.4 Å². The number of ether oxygens (including phenoxy) is 1. The Kier molecular flexibility index (Phi) is 11.6. The third-order valence-corrected chi connectivity index (χ3v) is 7.87. The topological polar surface area (TPSA) is 91.0 Å². The van der Waals surface area contributed by atoms with Crippen LogP contribution in [0.25, 0.3) is 0 Å². The van der Waals surface area contributed by atoms with E-state index in [2.05, 4.69) is 36.3 Å². The third kappa shape index (κ3) is 7.32. The van der Waals surface area contributed by atoms with Gasteiger partial charge in [0.15, 0.2) is 0 Å². The summed E-state index contributed by atoms with van der Waals surface area (Å²) in [4.78, 5) is 42.9. The van der Waals surface area contributed by atoms with Crippen LogP contribution >= 0.6 is 0 Å². The molecule has 2 N–H and O–H groups in total. The van der Waals surface area contributed by atoms with E-state index in [-0.39, 0.29) is 30.3 Å². The van der Waals surface area contributed by atoms with Gasteiger partial charge in [-0.2, -0.15) is 0 Å². The second kappa shape index (κ2) is 13.9. The van der Waals surface area contributed by atoms with Crippen molar-refractivity contribution in [3.63, 3.8) is 0 Å². The molecule has 3 amide bonds. The van der Waals surface area contributed by atoms with Crippen molar-refractivity contribution in [1.82, 2.24) is 20.4 Å². The molecule has 8 heteroatoms. The molecular formula is C29H48N4O4. The Hall–Kier alpha value is -2.45. The number of β-lactam (4-membered cyclic amide) rings is 1. The Morgan fingerprint density at radius 2 is 1.73 bits per heavy atom. The zero-order valence-electron chi connectivity index (χ0n) is 24.1. The summed E-state index contributed by atoms with van der Waals surface area (Å²) in [6, 6.07) is 8.38. The third-order valence-electron chi connectivity index (χ3n) is 7.87. The number of carbonyl (C=O) groups is 3. The van der Waals surface area contributed by atoms with Crippen LogP contribution in [-0.4, -0.2) is 73.1 Å². The molecule has 0 spiro atoms. The Bertz CT molecular complexity index is 898. The van der Waals surface area contributed by atoms with E-state index in [1.54, 1.807) is 7.05 Å². The highest BCUT2D eigenvalue weighted by Crippen LogP contribution is 2.46. The molecule has 1 aliphatic rings. The van der Waals surface area contributed by atoms with Crippen LogP contribution < -0.4 is 10.6 Å². The van der Waals surface area contributed by atoms with Gasteiger partial charge in [-0.15, -0.1) is 0 Å². The SMILES string of the molecule is CCC[C@@H](NC(=O)CN1C(=O)C(CC)(CC)C1OC(CCN(C)C(C)C)C(=O)NC)c1ccc(C)cc1. The molecule has 3 atom stereocenters. The van der Waals surface area contributed by atoms with Gasteiger partial charge in [0.2, 0.25) is 17.7 Å². The van der Waals surface area contributed by atoms with E-state index in [4.69, 9.17) is 4.74 Å². The highest BCUT2D eigenvalue weighted by molar-refractivity contribution is 5.93. The van der Waals surface area contributed by atoms with Gasteiger partial charge in [-0.3, -0.25) is 14.4 Å². The number of likely N-dealkylation sites (N-methyl/N-ethyl adjacent to an activating group) is 1. The van der Waals surface area contributed by atoms with E-state index in [0.29, 0.717) is 31.8 Å². The van der Waals surface area contributed by atoms with Crippen LogP contribution in [0, 0.1) is 12.3 Å². The molecule has 1 aliphatic heterocycles. The van der Waals surface area contributed by atoms with Gasteiger partial charge in [-0.1, -0.05) is 57.0 Å². The van der Waals surface area contributed by atoms with Gasteiger partial charge in [0.25, 0.3) is 0 Å². The fraction of sp³-hybridized carbons (Fsp3) is 0.690. The molecule has 0 aromatic heterocycles. The average Bonchev–Trinajstić information content (AvgIpc) is 2.88. The molecule has 37 heavy (non-hydrogen) atoms. The quantitative estimate of drug-likeness (QED) is 0.346. The smallest absolute Gasteiger partial charge is 0.249 e. The van der Waals surface area contributed by atoms with E-state index in [1.807, 2.05) is 52.1 Å². The first-order valence-electron chi connectivity index (χ1n) is 13.8. The number of rotatable bonds is 15. The lowest BCUT2D eigenvalue weighted by molar-refractivity contribution is -0.234. The summed E-state index contributed by atoms with van der Waals surface area (Å²) in [5.41, 5.74) is 1.49. The van der Waals surface area contributed by atoms with Crippen molar-refractivity contribution < 1.29 is 19.1 Å². The Morgan fingerprint density at radius 3 is 2.24 bits per heavy atom. The van der Waals surface area contributed by atoms with Gasteiger partial charge >= 0.3 is 0 Å². The molecule has 0 bridgehead atoms. The van der Waals surface area contributed by atoms with Crippen molar-refractivity contribution in [3.05, 3.63) is 35.4 Å². The average molecular weight is 517 g/mol. The van der Waals surface area contributed by atoms with Crippen molar-refractivity contribution >= 4 is 17.7 Å². The van der Waals surface area contributed by atoms with Crippen LogP contribution in [0.2, 0.25) is 0 Å². The lowest BCUT2D eigenvalue weighted by atomic mass is 9.71. The van der Waals surface area contributed by atoms with Crippen molar-refractivity contribution in [2.24, 2.45) is 5.41 Å². The Labute approximate surface area is 223 Å². The maximum Gasteiger partial charge on any atom is 0.249 e. The normalized spacial score (nSPS) is 18.5. The fourth-order valence-electron chi connectivity index (χ4n) is 4.95. The molecule has 0 saturated carbocycles. The van der Waals surface area contributed by atoms with E-state index < -0.39 is 17.7 Å². The largest absolute Gasteiger partial charge is 0.357 e. The van der Waals surface area contributed by atoms with E-state index in [1.165, 1.54) is 4.90 Å². The highest BCUT2D eigenvalue weighted by atomic mass is 16.5. The first-order valence-corrected chi connectivity index (χ1v) is 13.8. The van der Waals surface area contributed by atoms with Crippen molar-refractivity contribution in [3.8, 4) is 0 Å². The summed E-state index contributed by atoms with van der Waals surface area (Å²) in [7, 11) is 3.60. The number of nitrogens with one attached hydrogen (secondary N) is 2. The van der Waals surface area contributed by atoms with E-state index in [0.717, 1.165) is 24.0 Å². The van der Waals surface area contributed by atoms with Crippen LogP contribution in [0.15, 0.2) is 24.3 Å². The first-order chi connectivity index (χ1) is 17.5. The van der Waals surface area contributed by atoms with E-state index >= 15 is 0 Å². The summed E-state index contributed by atoms with van der Waals surface area (Å²) in [6.07, 6.45) is 2.04. The Balaban J connectivity index is 2.19. The molecule has 1 heterocycles. The zero-order valence-corrected chi connectivity index (χ0v) is 24.1. The number of nitrogens with zero attached hydrogens (tertiary/aromatic N) is 2. The number of hydrogen-bond donors (Lipinski definition) is 2. The molecule has 2 unspecified atom stereocenters. The monoisotopic (exact) mass is 516 g/mol. The van der Waals surface area contributed by atoms with Gasteiger partial charge in [0.1, 0.15) is 18.9 Å². The van der Waals surface area contributed by atoms with Crippen LogP contribution in [0.1, 0.15) is 83.9 Å². The number of carbonyl (C=O) groups excluding carboxylic acids is 3. The van der Waals surface area contributed by atoms with Gasteiger partial charge in [0, 0.05) is 19.6 Å². The van der Waals surface area contributed by atoms with Crippen molar-refractivity contribution in [2.75, 3.05) is 27.2 Å². The zero-order chi connectivity index (χ0) is 27.8. The summed E-state index contributed by atoms with van der Waals surface area (Å²) in [5, 5.41) is 5.82. The number of amides is 3. The Morgan fingerprint density at radius 1 is 1.11 bits per heavy atom. The standard InChI is InChI=1S/C29H48N4O4/c1-9-12-23(22-15-13-21(6)14-16-22)31-25(34)19-33-27(36)29(10-2,11-3)28(33)37-24(26(35)30-7)17-18-32(8)20(4)5/h13-16,20,23-24,28H,9-12,17-19H2,1-8H3,(H,30,35)(H,31,34)/t23-,24?,28?/m1/s1. The van der Waals surface area contributed by atoms with Crippen molar-refractivity contribution in [2.45, 2.75) is 98.1 Å². The molecular weight excluding hydrogens is 468 g/mol. The summed E-state index contributed by atoms with van der Waals surface area (Å²) in [6.45, 7) is 12.8. The minimum Gasteiger partial charge on any atom is -0.357 e. The predicted octanol–water partition coefficient (Wildman–Crippen LogP) is 3.79. The fourth-order valence-corrected chi connectivity index (χ4v) is 4.95. The van der Waals surface area contributed by atoms with Gasteiger partial charge < -0.3 is 25.2 Å². The second-order valence-electron chi connectivity index (χ2n) is 10.6. The number of aryl methyl sites for hydroxylation is 1. The summed E-state index contributed by atoms with van der Waals surface area (Å²) >= 11 is 0. The molecule has 0 radical (unpaired) electrons. The maximum absolute atomic E-state index is 13.3. The van der Waals surface area contributed by atoms with Crippen LogP contribution in [0.5, 0.6) is 0 Å². The van der Waals surface area contributed by atoms with Crippen molar-refractivity contribution in [1.29, 1.82) is 0 Å². The molecule has 1 aromatic rings. The molecule has 8 nitrogen and oxygen atoms in total. The molecule has 1 fully saturated rings. The predicted molar refractivity (Wildman–Crippen MR) is 147 cm³/mol. The lowest BCUT2D eigenvalue weighted by Gasteiger charge is -2.55. The minimum atomic E-state index is -0.726. The number of benzene rings is 1. The molecule has 1 saturated heterocycles. The lowest BCUT2D eigenvalue weighted by Crippen LogP contribution is -2.71. The molecule has 208 valence electrons. The highest BCUT2D eigenvalue weighted by Gasteiger charge is 2.60. The first kappa shape index (κ1) is 30.8. The van der Waals surface area contributed by atoms with Gasteiger partial charge in [0.05, 0.1) is 11.5 Å². The van der Waals surface area contributed by atoms with Gasteiger partial charge in [-0.05, 0) is 59.1 Å². The summed E-state index contributed by atoms with van der Waals surface area (Å²) < 4.78 is 6.39. The summed E-state index contributed by atoms with van der Waals surface area (Å²) in [5.74, 6) is -0.530.